The molecular weight excluding hydrogens is 116 g/mol. The lowest BCUT2D eigenvalue weighted by atomic mass is 10.3. The van der Waals surface area contributed by atoms with Gasteiger partial charge in [0.1, 0.15) is 0 Å². The van der Waals surface area contributed by atoms with Gasteiger partial charge in [0.05, 0.1) is 0 Å². The lowest BCUT2D eigenvalue weighted by Gasteiger charge is -2.06. The molecule has 0 aliphatic heterocycles. The molecule has 1 N–H and O–H groups in total. The molecule has 9 heavy (non-hydrogen) atoms. The predicted octanol–water partition coefficient (Wildman–Crippen LogP) is 0.138. The van der Waals surface area contributed by atoms with Gasteiger partial charge >= 0.3 is 0 Å². The molecule has 0 aliphatic carbocycles. The zero-order valence-corrected chi connectivity index (χ0v) is 5.98. The van der Waals surface area contributed by atoms with Crippen molar-refractivity contribution in [2.24, 2.45) is 0 Å². The summed E-state index contributed by atoms with van der Waals surface area (Å²) in [6.07, 6.45) is 1.19. The first-order chi connectivity index (χ1) is 4.13. The van der Waals surface area contributed by atoms with Gasteiger partial charge in [0, 0.05) is 6.42 Å². The highest BCUT2D eigenvalue weighted by Gasteiger charge is 1.94. The Morgan fingerprint density at radius 3 is 2.44 bits per heavy atom. The smallest absolute Gasteiger partial charge is 0.238 e. The van der Waals surface area contributed by atoms with E-state index in [1.54, 1.807) is 0 Å². The van der Waals surface area contributed by atoms with Gasteiger partial charge in [-0.25, -0.2) is 0 Å². The third kappa shape index (κ3) is 7.43. The maximum atomic E-state index is 10.1. The molecule has 0 aromatic heterocycles. The van der Waals surface area contributed by atoms with Crippen LogP contribution in [-0.4, -0.2) is 31.4 Å². The second-order valence-electron chi connectivity index (χ2n) is 2.33. The van der Waals surface area contributed by atoms with Crippen LogP contribution >= 0.6 is 0 Å². The molecule has 1 radical (unpaired) electrons. The second-order valence-corrected chi connectivity index (χ2v) is 2.33. The van der Waals surface area contributed by atoms with E-state index < -0.39 is 5.91 Å². The summed E-state index contributed by atoms with van der Waals surface area (Å²) >= 11 is 0. The van der Waals surface area contributed by atoms with Crippen molar-refractivity contribution in [3.05, 3.63) is 0 Å². The van der Waals surface area contributed by atoms with Crippen molar-refractivity contribution in [2.45, 2.75) is 12.8 Å². The average molecular weight is 129 g/mol. The minimum Gasteiger partial charge on any atom is -0.309 e. The highest BCUT2D eigenvalue weighted by Crippen LogP contribution is 1.88. The molecule has 0 saturated heterocycles. The maximum Gasteiger partial charge on any atom is 0.238 e. The Hall–Kier alpha value is -0.570. The van der Waals surface area contributed by atoms with Gasteiger partial charge in [-0.05, 0) is 27.1 Å². The van der Waals surface area contributed by atoms with Gasteiger partial charge in [0.15, 0.2) is 0 Å². The number of hydrogen-bond acceptors (Lipinski definition) is 2. The molecule has 0 spiro atoms. The minimum absolute atomic E-state index is 0.387. The number of hydrogen-bond donors (Lipinski definition) is 0. The molecule has 0 unspecified atom stereocenters. The Kier molecular flexibility index (Phi) is 4.05. The predicted molar refractivity (Wildman–Crippen MR) is 35.9 cm³/mol. The van der Waals surface area contributed by atoms with Crippen molar-refractivity contribution >= 4 is 5.91 Å². The number of amides is 1. The standard InChI is InChI=1S/C6H13N2O/c1-8(2)5-3-4-6(7)9/h7H,3-5H2,1-2H3. The van der Waals surface area contributed by atoms with Crippen LogP contribution in [0.5, 0.6) is 0 Å². The van der Waals surface area contributed by atoms with Crippen molar-refractivity contribution in [1.29, 1.82) is 0 Å². The third-order valence-corrected chi connectivity index (χ3v) is 1.01. The van der Waals surface area contributed by atoms with E-state index in [-0.39, 0.29) is 0 Å². The number of nitrogens with zero attached hydrogens (tertiary/aromatic N) is 1. The third-order valence-electron chi connectivity index (χ3n) is 1.01. The zero-order valence-electron chi connectivity index (χ0n) is 5.98. The second kappa shape index (κ2) is 4.32. The molecule has 0 aromatic carbocycles. The van der Waals surface area contributed by atoms with E-state index in [1.807, 2.05) is 19.0 Å². The van der Waals surface area contributed by atoms with Gasteiger partial charge in [-0.15, -0.1) is 0 Å². The normalized spacial score (nSPS) is 10.1. The molecule has 0 bridgehead atoms. The first-order valence-corrected chi connectivity index (χ1v) is 3.02. The van der Waals surface area contributed by atoms with Gasteiger partial charge in [0.2, 0.25) is 5.91 Å². The van der Waals surface area contributed by atoms with E-state index >= 15 is 0 Å². The van der Waals surface area contributed by atoms with E-state index in [4.69, 9.17) is 5.73 Å². The summed E-state index contributed by atoms with van der Waals surface area (Å²) in [5.74, 6) is -0.461. The molecule has 53 valence electrons. The van der Waals surface area contributed by atoms with Crippen LogP contribution in [0.2, 0.25) is 0 Å². The quantitative estimate of drug-likeness (QED) is 0.542. The van der Waals surface area contributed by atoms with Crippen molar-refractivity contribution < 1.29 is 4.79 Å². The number of carbonyl (C=O) groups excluding carboxylic acids is 1. The summed E-state index contributed by atoms with van der Waals surface area (Å²) in [5.41, 5.74) is 6.56. The molecule has 1 amide bonds. The average Bonchev–Trinajstić information content (AvgIpc) is 1.63. The van der Waals surface area contributed by atoms with E-state index in [9.17, 15) is 4.79 Å². The first-order valence-electron chi connectivity index (χ1n) is 3.02. The first kappa shape index (κ1) is 8.43. The van der Waals surface area contributed by atoms with Crippen LogP contribution in [0.3, 0.4) is 0 Å². The fourth-order valence-corrected chi connectivity index (χ4v) is 0.556. The van der Waals surface area contributed by atoms with Gasteiger partial charge in [-0.3, -0.25) is 10.5 Å². The molecule has 3 heteroatoms. The van der Waals surface area contributed by atoms with Gasteiger partial charge in [-0.2, -0.15) is 0 Å². The molecule has 0 atom stereocenters. The SMILES string of the molecule is CN(C)CCCC([NH])=O. The Morgan fingerprint density at radius 1 is 1.56 bits per heavy atom. The van der Waals surface area contributed by atoms with Crippen LogP contribution in [0.4, 0.5) is 0 Å². The van der Waals surface area contributed by atoms with E-state index in [0.29, 0.717) is 6.42 Å². The topological polar surface area (TPSA) is 44.1 Å². The molecule has 0 fully saturated rings. The Morgan fingerprint density at radius 2 is 2.11 bits per heavy atom. The van der Waals surface area contributed by atoms with Crippen LogP contribution in [0.25, 0.3) is 0 Å². The van der Waals surface area contributed by atoms with E-state index in [1.165, 1.54) is 0 Å². The Balaban J connectivity index is 3.01. The highest BCUT2D eigenvalue weighted by atomic mass is 16.1. The summed E-state index contributed by atoms with van der Waals surface area (Å²) in [6.45, 7) is 0.893. The minimum atomic E-state index is -0.461. The molecule has 0 heterocycles. The fourth-order valence-electron chi connectivity index (χ4n) is 0.556. The van der Waals surface area contributed by atoms with Crippen molar-refractivity contribution in [3.8, 4) is 0 Å². The van der Waals surface area contributed by atoms with E-state index in [2.05, 4.69) is 0 Å². The van der Waals surface area contributed by atoms with Gasteiger partial charge < -0.3 is 4.90 Å². The van der Waals surface area contributed by atoms with Crippen molar-refractivity contribution in [2.75, 3.05) is 20.6 Å². The van der Waals surface area contributed by atoms with E-state index in [0.717, 1.165) is 13.0 Å². The lowest BCUT2D eigenvalue weighted by molar-refractivity contribution is -0.118. The summed E-state index contributed by atoms with van der Waals surface area (Å²) < 4.78 is 0. The summed E-state index contributed by atoms with van der Waals surface area (Å²) in [5, 5.41) is 0. The lowest BCUT2D eigenvalue weighted by Crippen LogP contribution is -2.14. The zero-order chi connectivity index (χ0) is 7.28. The molecule has 3 nitrogen and oxygen atoms in total. The summed E-state index contributed by atoms with van der Waals surface area (Å²) in [6, 6.07) is 0. The Labute approximate surface area is 55.8 Å². The number of rotatable bonds is 4. The fraction of sp³-hybridized carbons (Fsp3) is 0.833. The Bertz CT molecular complexity index is 91.1. The van der Waals surface area contributed by atoms with Gasteiger partial charge in [0.25, 0.3) is 0 Å². The monoisotopic (exact) mass is 129 g/mol. The van der Waals surface area contributed by atoms with Crippen LogP contribution in [-0.2, 0) is 4.79 Å². The van der Waals surface area contributed by atoms with Crippen LogP contribution in [0.1, 0.15) is 12.8 Å². The van der Waals surface area contributed by atoms with Crippen molar-refractivity contribution in [3.63, 3.8) is 0 Å². The molecule has 0 aliphatic rings. The highest BCUT2D eigenvalue weighted by molar-refractivity contribution is 5.72. The van der Waals surface area contributed by atoms with Crippen LogP contribution in [0, 0.1) is 0 Å². The summed E-state index contributed by atoms with van der Waals surface area (Å²) in [4.78, 5) is 12.1. The van der Waals surface area contributed by atoms with Crippen LogP contribution in [0.15, 0.2) is 0 Å². The van der Waals surface area contributed by atoms with Crippen molar-refractivity contribution in [1.82, 2.24) is 10.6 Å². The van der Waals surface area contributed by atoms with Gasteiger partial charge in [-0.1, -0.05) is 0 Å². The number of carbonyl (C=O) groups is 1. The maximum absolute atomic E-state index is 10.1. The van der Waals surface area contributed by atoms with Crippen LogP contribution < -0.4 is 5.73 Å². The molecule has 0 aromatic rings. The molecule has 0 rings (SSSR count). The molecular formula is C6H13N2O. The molecule has 0 saturated carbocycles. The largest absolute Gasteiger partial charge is 0.309 e. The number of nitrogens with one attached hydrogen (secondary N) is 1. The summed E-state index contributed by atoms with van der Waals surface area (Å²) in [7, 11) is 3.91.